The highest BCUT2D eigenvalue weighted by molar-refractivity contribution is 7.92. The van der Waals surface area contributed by atoms with Crippen LogP contribution in [0, 0.1) is 22.9 Å². The van der Waals surface area contributed by atoms with E-state index in [0.29, 0.717) is 5.56 Å². The van der Waals surface area contributed by atoms with E-state index in [2.05, 4.69) is 5.32 Å². The van der Waals surface area contributed by atoms with Crippen molar-refractivity contribution in [3.05, 3.63) is 129 Å². The van der Waals surface area contributed by atoms with Gasteiger partial charge >= 0.3 is 0 Å². The van der Waals surface area contributed by atoms with E-state index in [1.165, 1.54) is 73.5 Å². The summed E-state index contributed by atoms with van der Waals surface area (Å²) in [6.07, 6.45) is 3.59. The number of carbonyl (C=O) groups excluding carboxylic acids is 2. The fourth-order valence-electron chi connectivity index (χ4n) is 6.15. The predicted octanol–water partition coefficient (Wildman–Crippen LogP) is 6.60. The maximum atomic E-state index is 14.7. The number of hydrogen-bond acceptors (Lipinski definition) is 7. The van der Waals surface area contributed by atoms with Crippen LogP contribution in [0.2, 0.25) is 5.02 Å². The molecule has 1 atom stereocenters. The topological polar surface area (TPSA) is 139 Å². The lowest BCUT2D eigenvalue weighted by molar-refractivity contribution is -0.385. The van der Waals surface area contributed by atoms with Crippen LogP contribution < -0.4 is 14.4 Å². The molecule has 0 aliphatic heterocycles. The van der Waals surface area contributed by atoms with E-state index in [9.17, 15) is 32.5 Å². The van der Waals surface area contributed by atoms with Crippen molar-refractivity contribution in [3.8, 4) is 5.75 Å². The Bertz CT molecular complexity index is 1990. The van der Waals surface area contributed by atoms with Crippen LogP contribution >= 0.6 is 11.6 Å². The first-order valence-corrected chi connectivity index (χ1v) is 18.2. The van der Waals surface area contributed by atoms with E-state index in [1.54, 1.807) is 0 Å². The molecule has 51 heavy (non-hydrogen) atoms. The van der Waals surface area contributed by atoms with Crippen LogP contribution in [0.15, 0.2) is 95.9 Å². The number of anilines is 1. The smallest absolute Gasteiger partial charge is 0.273 e. The highest BCUT2D eigenvalue weighted by Crippen LogP contribution is 2.36. The largest absolute Gasteiger partial charge is 0.495 e. The van der Waals surface area contributed by atoms with Crippen molar-refractivity contribution in [1.29, 1.82) is 0 Å². The Morgan fingerprint density at radius 1 is 1.00 bits per heavy atom. The summed E-state index contributed by atoms with van der Waals surface area (Å²) in [6.45, 7) is 0.474. The van der Waals surface area contributed by atoms with E-state index in [0.717, 1.165) is 41.6 Å². The zero-order valence-corrected chi connectivity index (χ0v) is 29.7. The van der Waals surface area contributed by atoms with Crippen LogP contribution in [0.1, 0.15) is 42.4 Å². The van der Waals surface area contributed by atoms with Gasteiger partial charge in [-0.3, -0.25) is 24.0 Å². The van der Waals surface area contributed by atoms with Gasteiger partial charge in [-0.05, 0) is 67.3 Å². The first kappa shape index (κ1) is 37.3. The molecule has 0 bridgehead atoms. The van der Waals surface area contributed by atoms with Gasteiger partial charge in [0, 0.05) is 35.7 Å². The maximum absolute atomic E-state index is 14.7. The number of ether oxygens (including phenoxy) is 1. The molecule has 0 saturated heterocycles. The Labute approximate surface area is 301 Å². The molecule has 2 amide bonds. The summed E-state index contributed by atoms with van der Waals surface area (Å²) in [5.41, 5.74) is 0.974. The molecule has 1 saturated carbocycles. The minimum atomic E-state index is -4.71. The summed E-state index contributed by atoms with van der Waals surface area (Å²) in [5.74, 6) is -1.62. The lowest BCUT2D eigenvalue weighted by Crippen LogP contribution is -2.54. The molecule has 14 heteroatoms. The average molecular weight is 737 g/mol. The number of nitro groups is 1. The van der Waals surface area contributed by atoms with E-state index in [4.69, 9.17) is 16.3 Å². The third kappa shape index (κ3) is 9.02. The van der Waals surface area contributed by atoms with Gasteiger partial charge in [0.1, 0.15) is 24.2 Å². The molecule has 11 nitrogen and oxygen atoms in total. The molecule has 1 N–H and O–H groups in total. The number of hydrogen-bond donors (Lipinski definition) is 1. The van der Waals surface area contributed by atoms with Crippen LogP contribution in [0.25, 0.3) is 0 Å². The van der Waals surface area contributed by atoms with E-state index < -0.39 is 55.7 Å². The number of nitrogens with zero attached hydrogens (tertiary/aromatic N) is 3. The zero-order chi connectivity index (χ0) is 36.7. The highest BCUT2D eigenvalue weighted by Gasteiger charge is 2.37. The molecule has 4 aromatic rings. The number of amides is 2. The predicted molar refractivity (Wildman–Crippen MR) is 192 cm³/mol. The van der Waals surface area contributed by atoms with Gasteiger partial charge in [-0.2, -0.15) is 0 Å². The Hall–Kier alpha value is -5.01. The Balaban J connectivity index is 1.63. The molecule has 0 radical (unpaired) electrons. The molecule has 1 fully saturated rings. The second kappa shape index (κ2) is 16.3. The number of benzene rings is 4. The molecular formula is C37H38ClFN4O7S. The Morgan fingerprint density at radius 3 is 2.33 bits per heavy atom. The van der Waals surface area contributed by atoms with Gasteiger partial charge in [0.15, 0.2) is 0 Å². The maximum Gasteiger partial charge on any atom is 0.273 e. The number of nitrogens with one attached hydrogen (secondary N) is 1. The molecule has 1 unspecified atom stereocenters. The van der Waals surface area contributed by atoms with Crippen molar-refractivity contribution in [2.24, 2.45) is 0 Å². The standard InChI is InChI=1S/C37H38ClFN4O7S/c1-25-12-18-31(22-32(25)43(46)47)51(48,49)42(33-21-28(38)15-19-35(33)50-2)24-36(44)41(23-27-13-16-29(39)17-14-27)34(20-26-8-4-3-5-9-26)37(45)40-30-10-6-7-11-30/h3-5,8-9,12-19,21-22,30,34H,6-7,10-11,20,23-24H2,1-2H3,(H,40,45). The monoisotopic (exact) mass is 736 g/mol. The second-order valence-corrected chi connectivity index (χ2v) is 14.7. The number of nitro benzene ring substituents is 1. The molecule has 4 aromatic carbocycles. The summed E-state index contributed by atoms with van der Waals surface area (Å²) in [6, 6.07) is 21.1. The highest BCUT2D eigenvalue weighted by atomic mass is 35.5. The number of carbonyl (C=O) groups is 2. The molecule has 1 aliphatic carbocycles. The van der Waals surface area contributed by atoms with Crippen LogP contribution in [0.3, 0.4) is 0 Å². The zero-order valence-electron chi connectivity index (χ0n) is 28.1. The minimum absolute atomic E-state index is 0.0577. The van der Waals surface area contributed by atoms with Crippen molar-refractivity contribution in [1.82, 2.24) is 10.2 Å². The molecule has 0 heterocycles. The quantitative estimate of drug-likeness (QED) is 0.114. The average Bonchev–Trinajstić information content (AvgIpc) is 3.62. The molecule has 0 spiro atoms. The van der Waals surface area contributed by atoms with Crippen LogP contribution in [0.5, 0.6) is 5.75 Å². The van der Waals surface area contributed by atoms with Crippen molar-refractivity contribution in [3.63, 3.8) is 0 Å². The first-order valence-electron chi connectivity index (χ1n) is 16.4. The summed E-state index contributed by atoms with van der Waals surface area (Å²) in [7, 11) is -3.39. The third-order valence-electron chi connectivity index (χ3n) is 8.89. The van der Waals surface area contributed by atoms with Gasteiger partial charge in [-0.25, -0.2) is 12.8 Å². The summed E-state index contributed by atoms with van der Waals surface area (Å²) < 4.78 is 49.2. The number of aryl methyl sites for hydroxylation is 1. The van der Waals surface area contributed by atoms with Gasteiger partial charge in [0.05, 0.1) is 22.6 Å². The van der Waals surface area contributed by atoms with Crippen molar-refractivity contribution in [2.45, 2.75) is 62.6 Å². The third-order valence-corrected chi connectivity index (χ3v) is 10.9. The van der Waals surface area contributed by atoms with Gasteiger partial charge in [-0.15, -0.1) is 0 Å². The van der Waals surface area contributed by atoms with Gasteiger partial charge in [0.2, 0.25) is 11.8 Å². The first-order chi connectivity index (χ1) is 24.4. The minimum Gasteiger partial charge on any atom is -0.495 e. The lowest BCUT2D eigenvalue weighted by Gasteiger charge is -2.34. The summed E-state index contributed by atoms with van der Waals surface area (Å²) >= 11 is 6.34. The SMILES string of the molecule is COc1ccc(Cl)cc1N(CC(=O)N(Cc1ccc(F)cc1)C(Cc1ccccc1)C(=O)NC1CCCC1)S(=O)(=O)c1ccc(C)c([N+](=O)[O-])c1. The van der Waals surface area contributed by atoms with Gasteiger partial charge < -0.3 is 15.0 Å². The van der Waals surface area contributed by atoms with Gasteiger partial charge in [0.25, 0.3) is 15.7 Å². The molecule has 1 aliphatic rings. The number of methoxy groups -OCH3 is 1. The molecule has 5 rings (SSSR count). The fraction of sp³-hybridized carbons (Fsp3) is 0.297. The Morgan fingerprint density at radius 2 is 1.69 bits per heavy atom. The van der Waals surface area contributed by atoms with Crippen LogP contribution in [0.4, 0.5) is 15.8 Å². The number of sulfonamides is 1. The molecule has 268 valence electrons. The number of halogens is 2. The van der Waals surface area contributed by atoms with E-state index in [1.807, 2.05) is 30.3 Å². The van der Waals surface area contributed by atoms with Crippen molar-refractivity contribution in [2.75, 3.05) is 18.0 Å². The van der Waals surface area contributed by atoms with Crippen LogP contribution in [-0.4, -0.2) is 55.8 Å². The lowest BCUT2D eigenvalue weighted by atomic mass is 10.0. The summed E-state index contributed by atoms with van der Waals surface area (Å²) in [5, 5.41) is 15.0. The van der Waals surface area contributed by atoms with Crippen molar-refractivity contribution < 1.29 is 32.1 Å². The fourth-order valence-corrected chi connectivity index (χ4v) is 7.76. The van der Waals surface area contributed by atoms with Crippen LogP contribution in [-0.2, 0) is 32.6 Å². The molecular weight excluding hydrogens is 699 g/mol. The van der Waals surface area contributed by atoms with E-state index >= 15 is 0 Å². The van der Waals surface area contributed by atoms with Crippen molar-refractivity contribution >= 4 is 44.8 Å². The summed E-state index contributed by atoms with van der Waals surface area (Å²) in [4.78, 5) is 40.9. The Kier molecular flexibility index (Phi) is 11.9. The van der Waals surface area contributed by atoms with E-state index in [-0.39, 0.29) is 41.0 Å². The number of rotatable bonds is 14. The second-order valence-electron chi connectivity index (χ2n) is 12.4. The normalized spacial score (nSPS) is 13.7. The molecule has 0 aromatic heterocycles. The van der Waals surface area contributed by atoms with Gasteiger partial charge in [-0.1, -0.05) is 73.0 Å².